The third-order valence-electron chi connectivity index (χ3n) is 2.56. The molecule has 0 saturated heterocycles. The Labute approximate surface area is 105 Å². The maximum absolute atomic E-state index is 11.9. The summed E-state index contributed by atoms with van der Waals surface area (Å²) < 4.78 is 0. The molecule has 1 N–H and O–H groups in total. The number of carbonyl (C=O) groups is 3. The molecule has 0 aliphatic carbocycles. The SMILES string of the molecule is O=C(ON1C(=O)c2ccccc2C1=O)c1cn[nH]n1. The fourth-order valence-corrected chi connectivity index (χ4v) is 1.68. The van der Waals surface area contributed by atoms with Crippen molar-refractivity contribution in [2.75, 3.05) is 0 Å². The van der Waals surface area contributed by atoms with Gasteiger partial charge in [-0.3, -0.25) is 9.59 Å². The van der Waals surface area contributed by atoms with Crippen LogP contribution in [-0.2, 0) is 4.84 Å². The first kappa shape index (κ1) is 11.1. The quantitative estimate of drug-likeness (QED) is 0.770. The highest BCUT2D eigenvalue weighted by atomic mass is 16.7. The zero-order valence-corrected chi connectivity index (χ0v) is 9.36. The zero-order chi connectivity index (χ0) is 13.4. The van der Waals surface area contributed by atoms with Crippen molar-refractivity contribution in [1.29, 1.82) is 0 Å². The van der Waals surface area contributed by atoms with Gasteiger partial charge in [0.25, 0.3) is 11.8 Å². The van der Waals surface area contributed by atoms with Crippen molar-refractivity contribution in [3.8, 4) is 0 Å². The van der Waals surface area contributed by atoms with Crippen LogP contribution in [0.25, 0.3) is 0 Å². The molecule has 0 saturated carbocycles. The Hall–Kier alpha value is -3.03. The second-order valence-electron chi connectivity index (χ2n) is 3.68. The molecule has 3 rings (SSSR count). The first-order chi connectivity index (χ1) is 9.18. The van der Waals surface area contributed by atoms with Crippen molar-refractivity contribution in [1.82, 2.24) is 20.5 Å². The summed E-state index contributed by atoms with van der Waals surface area (Å²) in [6.45, 7) is 0. The number of hydroxylamine groups is 2. The maximum atomic E-state index is 11.9. The number of hydrogen-bond acceptors (Lipinski definition) is 6. The molecule has 8 nitrogen and oxygen atoms in total. The lowest BCUT2D eigenvalue weighted by molar-refractivity contribution is -0.0588. The lowest BCUT2D eigenvalue weighted by Crippen LogP contribution is -2.32. The van der Waals surface area contributed by atoms with E-state index in [-0.39, 0.29) is 16.8 Å². The molecule has 1 aromatic heterocycles. The van der Waals surface area contributed by atoms with Crippen molar-refractivity contribution < 1.29 is 19.2 Å². The summed E-state index contributed by atoms with van der Waals surface area (Å²) in [5.41, 5.74) is 0.262. The molecule has 0 radical (unpaired) electrons. The standard InChI is InChI=1S/C11H6N4O4/c16-9-6-3-1-2-4-7(6)10(17)15(9)19-11(18)8-5-12-14-13-8/h1-5H,(H,12,13,14). The molecular weight excluding hydrogens is 252 g/mol. The molecule has 1 aliphatic heterocycles. The Kier molecular flexibility index (Phi) is 2.34. The van der Waals surface area contributed by atoms with Crippen molar-refractivity contribution in [2.45, 2.75) is 0 Å². The average molecular weight is 258 g/mol. The highest BCUT2D eigenvalue weighted by Crippen LogP contribution is 2.22. The summed E-state index contributed by atoms with van der Waals surface area (Å²) in [5.74, 6) is -2.31. The van der Waals surface area contributed by atoms with Crippen LogP contribution < -0.4 is 0 Å². The van der Waals surface area contributed by atoms with Crippen LogP contribution in [0.15, 0.2) is 30.5 Å². The predicted molar refractivity (Wildman–Crippen MR) is 58.7 cm³/mol. The minimum Gasteiger partial charge on any atom is -0.322 e. The van der Waals surface area contributed by atoms with Crippen LogP contribution in [0.1, 0.15) is 31.2 Å². The number of hydrogen-bond donors (Lipinski definition) is 1. The molecule has 19 heavy (non-hydrogen) atoms. The first-order valence-corrected chi connectivity index (χ1v) is 5.24. The summed E-state index contributed by atoms with van der Waals surface area (Å²) in [6.07, 6.45) is 1.13. The number of rotatable bonds is 2. The minimum atomic E-state index is -0.941. The monoisotopic (exact) mass is 258 g/mol. The van der Waals surface area contributed by atoms with Crippen LogP contribution in [0.3, 0.4) is 0 Å². The van der Waals surface area contributed by atoms with Gasteiger partial charge in [0.05, 0.1) is 17.3 Å². The third kappa shape index (κ3) is 1.66. The van der Waals surface area contributed by atoms with Crippen LogP contribution in [-0.4, -0.2) is 38.3 Å². The predicted octanol–water partition coefficient (Wildman–Crippen LogP) is 0.173. The van der Waals surface area contributed by atoms with Crippen LogP contribution >= 0.6 is 0 Å². The van der Waals surface area contributed by atoms with Gasteiger partial charge < -0.3 is 4.84 Å². The second kappa shape index (κ2) is 4.02. The number of aromatic nitrogens is 3. The van der Waals surface area contributed by atoms with E-state index in [2.05, 4.69) is 15.4 Å². The van der Waals surface area contributed by atoms with Crippen LogP contribution in [0.4, 0.5) is 0 Å². The number of H-pyrrole nitrogens is 1. The van der Waals surface area contributed by atoms with Gasteiger partial charge in [0, 0.05) is 0 Å². The summed E-state index contributed by atoms with van der Waals surface area (Å²) in [6, 6.07) is 6.21. The Balaban J connectivity index is 1.87. The van der Waals surface area contributed by atoms with Gasteiger partial charge in [-0.25, -0.2) is 4.79 Å². The van der Waals surface area contributed by atoms with E-state index < -0.39 is 17.8 Å². The van der Waals surface area contributed by atoms with E-state index >= 15 is 0 Å². The van der Waals surface area contributed by atoms with E-state index in [4.69, 9.17) is 4.84 Å². The van der Waals surface area contributed by atoms with Gasteiger partial charge in [0.15, 0.2) is 5.69 Å². The van der Waals surface area contributed by atoms with E-state index in [0.29, 0.717) is 5.06 Å². The van der Waals surface area contributed by atoms with Gasteiger partial charge >= 0.3 is 5.97 Å². The number of nitrogens with zero attached hydrogens (tertiary/aromatic N) is 3. The van der Waals surface area contributed by atoms with E-state index in [1.807, 2.05) is 0 Å². The molecule has 8 heteroatoms. The number of amides is 2. The molecule has 1 aliphatic rings. The largest absolute Gasteiger partial charge is 0.385 e. The first-order valence-electron chi connectivity index (χ1n) is 5.24. The molecule has 0 spiro atoms. The molecule has 2 amide bonds. The molecule has 0 atom stereocenters. The van der Waals surface area contributed by atoms with E-state index in [1.165, 1.54) is 12.1 Å². The number of aromatic amines is 1. The smallest absolute Gasteiger partial charge is 0.322 e. The second-order valence-corrected chi connectivity index (χ2v) is 3.68. The number of fused-ring (bicyclic) bond motifs is 1. The van der Waals surface area contributed by atoms with Gasteiger partial charge in [0.2, 0.25) is 0 Å². The van der Waals surface area contributed by atoms with E-state index in [0.717, 1.165) is 6.20 Å². The summed E-state index contributed by atoms with van der Waals surface area (Å²) in [4.78, 5) is 40.1. The third-order valence-corrected chi connectivity index (χ3v) is 2.56. The van der Waals surface area contributed by atoms with Gasteiger partial charge in [0.1, 0.15) is 0 Å². The molecule has 94 valence electrons. The zero-order valence-electron chi connectivity index (χ0n) is 9.36. The van der Waals surface area contributed by atoms with Crippen molar-refractivity contribution in [3.05, 3.63) is 47.3 Å². The number of carbonyl (C=O) groups excluding carboxylic acids is 3. The van der Waals surface area contributed by atoms with Crippen molar-refractivity contribution >= 4 is 17.8 Å². The molecule has 2 heterocycles. The van der Waals surface area contributed by atoms with Crippen LogP contribution in [0.5, 0.6) is 0 Å². The topological polar surface area (TPSA) is 105 Å². The van der Waals surface area contributed by atoms with E-state index in [9.17, 15) is 14.4 Å². The lowest BCUT2D eigenvalue weighted by Gasteiger charge is -2.10. The Bertz CT molecular complexity index is 645. The van der Waals surface area contributed by atoms with Gasteiger partial charge in [-0.05, 0) is 12.1 Å². The fraction of sp³-hybridized carbons (Fsp3) is 0. The van der Waals surface area contributed by atoms with Gasteiger partial charge in [-0.1, -0.05) is 17.2 Å². The Morgan fingerprint density at radius 3 is 2.32 bits per heavy atom. The normalized spacial score (nSPS) is 13.6. The highest BCUT2D eigenvalue weighted by molar-refractivity contribution is 6.21. The fourth-order valence-electron chi connectivity index (χ4n) is 1.68. The molecule has 0 unspecified atom stereocenters. The van der Waals surface area contributed by atoms with Gasteiger partial charge in [-0.2, -0.15) is 10.3 Å². The summed E-state index contributed by atoms with van der Waals surface area (Å²) in [7, 11) is 0. The van der Waals surface area contributed by atoms with Crippen molar-refractivity contribution in [3.63, 3.8) is 0 Å². The molecule has 2 aromatic rings. The lowest BCUT2D eigenvalue weighted by atomic mass is 10.1. The average Bonchev–Trinajstić information content (AvgIpc) is 3.03. The summed E-state index contributed by atoms with van der Waals surface area (Å²) in [5, 5.41) is 9.57. The number of benzene rings is 1. The molecule has 0 fully saturated rings. The molecule has 0 bridgehead atoms. The maximum Gasteiger partial charge on any atom is 0.385 e. The molecular formula is C11H6N4O4. The molecule has 1 aromatic carbocycles. The summed E-state index contributed by atoms with van der Waals surface area (Å²) >= 11 is 0. The van der Waals surface area contributed by atoms with E-state index in [1.54, 1.807) is 12.1 Å². The van der Waals surface area contributed by atoms with Crippen LogP contribution in [0.2, 0.25) is 0 Å². The Morgan fingerprint density at radius 2 is 1.79 bits per heavy atom. The highest BCUT2D eigenvalue weighted by Gasteiger charge is 2.39. The van der Waals surface area contributed by atoms with Gasteiger partial charge in [-0.15, -0.1) is 5.10 Å². The minimum absolute atomic E-state index is 0.128. The Morgan fingerprint density at radius 1 is 1.16 bits per heavy atom. The number of imide groups is 1. The van der Waals surface area contributed by atoms with Crippen molar-refractivity contribution in [2.24, 2.45) is 0 Å². The van der Waals surface area contributed by atoms with Crippen LogP contribution in [0, 0.1) is 0 Å². The number of nitrogens with one attached hydrogen (secondary N) is 1.